The average molecular weight is 607 g/mol. The highest BCUT2D eigenvalue weighted by Gasteiger charge is 2.53. The minimum Gasteiger partial charge on any atom is -0.370 e. The lowest BCUT2D eigenvalue weighted by Crippen LogP contribution is -2.60. The molecule has 2 aliphatic rings. The summed E-state index contributed by atoms with van der Waals surface area (Å²) in [5.41, 5.74) is 5.25. The van der Waals surface area contributed by atoms with Crippen LogP contribution < -0.4 is 0 Å². The van der Waals surface area contributed by atoms with Crippen LogP contribution in [-0.4, -0.2) is 36.2 Å². The molecule has 0 atom stereocenters. The molecule has 39 heavy (non-hydrogen) atoms. The maximum atomic E-state index is 14.9. The zero-order chi connectivity index (χ0) is 27.4. The van der Waals surface area contributed by atoms with Crippen LogP contribution in [-0.2, 0) is 15.6 Å². The Morgan fingerprint density at radius 3 is 2.51 bits per heavy atom. The lowest BCUT2D eigenvalue weighted by atomic mass is 9.56. The molecule has 200 valence electrons. The van der Waals surface area contributed by atoms with Gasteiger partial charge in [-0.15, -0.1) is 0 Å². The third kappa shape index (κ3) is 4.85. The molecule has 0 amide bonds. The van der Waals surface area contributed by atoms with Crippen molar-refractivity contribution in [1.29, 1.82) is 0 Å². The fourth-order valence-electron chi connectivity index (χ4n) is 6.03. The lowest BCUT2D eigenvalue weighted by Gasteiger charge is -2.60. The molecule has 0 N–H and O–H groups in total. The number of para-hydroxylation sites is 1. The number of benzene rings is 3. The molecule has 0 radical (unpaired) electrons. The first-order valence-electron chi connectivity index (χ1n) is 13.0. The van der Waals surface area contributed by atoms with Crippen LogP contribution >= 0.6 is 15.9 Å². The van der Waals surface area contributed by atoms with E-state index in [1.165, 1.54) is 23.4 Å². The molecule has 5 nitrogen and oxygen atoms in total. The number of nitrogens with zero attached hydrogens (tertiary/aromatic N) is 3. The number of likely N-dealkylation sites (tertiary alicyclic amines) is 1. The summed E-state index contributed by atoms with van der Waals surface area (Å²) in [6.45, 7) is 7.93. The highest BCUT2D eigenvalue weighted by molar-refractivity contribution is 9.10. The number of sulfone groups is 1. The Balaban J connectivity index is 1.12. The average Bonchev–Trinajstić information content (AvgIpc) is 3.33. The van der Waals surface area contributed by atoms with Gasteiger partial charge in [0.1, 0.15) is 5.82 Å². The quantitative estimate of drug-likeness (QED) is 0.230. The highest BCUT2D eigenvalue weighted by Crippen LogP contribution is 2.57. The second-order valence-corrected chi connectivity index (χ2v) is 13.8. The Labute approximate surface area is 237 Å². The van der Waals surface area contributed by atoms with Crippen LogP contribution in [0, 0.1) is 18.2 Å². The first-order chi connectivity index (χ1) is 18.6. The third-order valence-corrected chi connectivity index (χ3v) is 10.3. The number of aryl methyl sites for hydroxylation is 1. The second-order valence-electron chi connectivity index (χ2n) is 10.9. The van der Waals surface area contributed by atoms with Gasteiger partial charge in [-0.05, 0) is 79.4 Å². The van der Waals surface area contributed by atoms with Gasteiger partial charge in [-0.3, -0.25) is 0 Å². The van der Waals surface area contributed by atoms with Crippen molar-refractivity contribution in [2.24, 2.45) is 5.41 Å². The van der Waals surface area contributed by atoms with Crippen LogP contribution in [0.5, 0.6) is 0 Å². The molecule has 1 aliphatic carbocycles. The van der Waals surface area contributed by atoms with Crippen LogP contribution in [0.15, 0.2) is 94.9 Å². The fraction of sp³-hybridized carbons (Fsp3) is 0.258. The summed E-state index contributed by atoms with van der Waals surface area (Å²) < 4.78 is 43.6. The molecule has 4 aromatic rings. The molecule has 0 unspecified atom stereocenters. The van der Waals surface area contributed by atoms with Crippen LogP contribution in [0.1, 0.15) is 41.1 Å². The predicted octanol–water partition coefficient (Wildman–Crippen LogP) is 6.91. The minimum absolute atomic E-state index is 0.199. The summed E-state index contributed by atoms with van der Waals surface area (Å²) in [5.74, 6) is -0.152. The lowest BCUT2D eigenvalue weighted by molar-refractivity contribution is -0.0412. The molecule has 1 saturated heterocycles. The van der Waals surface area contributed by atoms with Gasteiger partial charge in [0.25, 0.3) is 0 Å². The van der Waals surface area contributed by atoms with Gasteiger partial charge in [0, 0.05) is 52.0 Å². The summed E-state index contributed by atoms with van der Waals surface area (Å²) in [5, 5.41) is 4.60. The zero-order valence-electron chi connectivity index (χ0n) is 21.6. The van der Waals surface area contributed by atoms with Gasteiger partial charge < -0.3 is 4.90 Å². The minimum atomic E-state index is -3.56. The monoisotopic (exact) mass is 605 g/mol. The molecule has 1 spiro atoms. The maximum Gasteiger partial charge on any atom is 0.182 e. The first-order valence-corrected chi connectivity index (χ1v) is 15.4. The Kier molecular flexibility index (Phi) is 6.50. The van der Waals surface area contributed by atoms with E-state index in [-0.39, 0.29) is 21.9 Å². The molecule has 8 heteroatoms. The van der Waals surface area contributed by atoms with Gasteiger partial charge in [-0.25, -0.2) is 17.5 Å². The fourth-order valence-corrected chi connectivity index (χ4v) is 7.63. The molecule has 1 saturated carbocycles. The van der Waals surface area contributed by atoms with Crippen molar-refractivity contribution in [1.82, 2.24) is 14.7 Å². The molecular weight excluding hydrogens is 577 g/mol. The van der Waals surface area contributed by atoms with Crippen molar-refractivity contribution in [2.45, 2.75) is 36.3 Å². The van der Waals surface area contributed by atoms with Crippen molar-refractivity contribution >= 4 is 31.5 Å². The van der Waals surface area contributed by atoms with Crippen molar-refractivity contribution < 1.29 is 12.8 Å². The van der Waals surface area contributed by atoms with Gasteiger partial charge >= 0.3 is 0 Å². The Bertz CT molecular complexity index is 1670. The predicted molar refractivity (Wildman–Crippen MR) is 155 cm³/mol. The van der Waals surface area contributed by atoms with Crippen LogP contribution in [0.2, 0.25) is 0 Å². The summed E-state index contributed by atoms with van der Waals surface area (Å²) in [4.78, 5) is 2.35. The number of hydrogen-bond donors (Lipinski definition) is 0. The molecule has 2 fully saturated rings. The van der Waals surface area contributed by atoms with Crippen LogP contribution in [0.3, 0.4) is 0 Å². The highest BCUT2D eigenvalue weighted by atomic mass is 79.9. The van der Waals surface area contributed by atoms with E-state index in [9.17, 15) is 12.8 Å². The Morgan fingerprint density at radius 1 is 1.08 bits per heavy atom. The van der Waals surface area contributed by atoms with Crippen molar-refractivity contribution in [3.05, 3.63) is 118 Å². The van der Waals surface area contributed by atoms with Crippen LogP contribution in [0.25, 0.3) is 11.4 Å². The smallest absolute Gasteiger partial charge is 0.182 e. The summed E-state index contributed by atoms with van der Waals surface area (Å²) >= 11 is 3.33. The van der Waals surface area contributed by atoms with Crippen molar-refractivity contribution in [3.63, 3.8) is 0 Å². The Morgan fingerprint density at radius 2 is 1.79 bits per heavy atom. The standard InChI is InChI=1S/C31H29BrFN3O2S/c1-21-5-3-4-6-29(21)36-30(13-14-34-36)24-16-31(17-24)19-35(20-31)22(2)27-15-23(7-12-28(27)33)18-39(37,38)26-10-8-25(32)9-11-26/h3-15,24H,2,16-20H2,1H3. The van der Waals surface area contributed by atoms with Gasteiger partial charge in [-0.1, -0.05) is 46.8 Å². The third-order valence-electron chi connectivity index (χ3n) is 8.10. The second kappa shape index (κ2) is 9.75. The van der Waals surface area contributed by atoms with Gasteiger partial charge in [0.2, 0.25) is 0 Å². The van der Waals surface area contributed by atoms with E-state index >= 15 is 0 Å². The Hall–Kier alpha value is -3.23. The maximum absolute atomic E-state index is 14.9. The van der Waals surface area contributed by atoms with Gasteiger partial charge in [0.15, 0.2) is 9.84 Å². The van der Waals surface area contributed by atoms with Gasteiger partial charge in [0.05, 0.1) is 16.3 Å². The number of hydrogen-bond acceptors (Lipinski definition) is 4. The summed E-state index contributed by atoms with van der Waals surface area (Å²) in [6.07, 6.45) is 3.99. The molecule has 0 bridgehead atoms. The molecular formula is C31H29BrFN3O2S. The van der Waals surface area contributed by atoms with E-state index in [1.54, 1.807) is 30.3 Å². The van der Waals surface area contributed by atoms with E-state index in [2.05, 4.69) is 62.3 Å². The van der Waals surface area contributed by atoms with Crippen molar-refractivity contribution in [3.8, 4) is 5.69 Å². The van der Waals surface area contributed by atoms with Crippen molar-refractivity contribution in [2.75, 3.05) is 13.1 Å². The zero-order valence-corrected chi connectivity index (χ0v) is 24.1. The molecule has 2 heterocycles. The molecule has 1 aliphatic heterocycles. The van der Waals surface area contributed by atoms with Crippen LogP contribution in [0.4, 0.5) is 4.39 Å². The van der Waals surface area contributed by atoms with E-state index < -0.39 is 9.84 Å². The van der Waals surface area contributed by atoms with E-state index in [0.717, 1.165) is 36.1 Å². The summed E-state index contributed by atoms with van der Waals surface area (Å²) in [7, 11) is -3.56. The van der Waals surface area contributed by atoms with E-state index in [4.69, 9.17) is 0 Å². The van der Waals surface area contributed by atoms with E-state index in [1.807, 2.05) is 18.3 Å². The molecule has 1 aromatic heterocycles. The molecule has 3 aromatic carbocycles. The molecule has 6 rings (SSSR count). The van der Waals surface area contributed by atoms with Gasteiger partial charge in [-0.2, -0.15) is 5.10 Å². The largest absolute Gasteiger partial charge is 0.370 e. The normalized spacial score (nSPS) is 16.6. The van der Waals surface area contributed by atoms with E-state index in [0.29, 0.717) is 22.7 Å². The number of aromatic nitrogens is 2. The topological polar surface area (TPSA) is 55.2 Å². The number of rotatable bonds is 7. The summed E-state index contributed by atoms with van der Waals surface area (Å²) in [6, 6.07) is 21.4. The first kappa shape index (κ1) is 26.0. The SMILES string of the molecule is C=C(c1cc(CS(=O)(=O)c2ccc(Br)cc2)ccc1F)N1CC2(CC(c3ccnn3-c3ccccc3C)C2)C1. The number of halogens is 2.